The van der Waals surface area contributed by atoms with Gasteiger partial charge in [-0.15, -0.1) is 0 Å². The Morgan fingerprint density at radius 3 is 2.83 bits per heavy atom. The van der Waals surface area contributed by atoms with Gasteiger partial charge in [-0.25, -0.2) is 4.39 Å². The third-order valence-electron chi connectivity index (χ3n) is 3.25. The van der Waals surface area contributed by atoms with Crippen LogP contribution in [0.1, 0.15) is 32.4 Å². The first-order valence-corrected chi connectivity index (χ1v) is 6.64. The lowest BCUT2D eigenvalue weighted by atomic mass is 10.1. The molecule has 1 N–H and O–H groups in total. The molecule has 0 saturated carbocycles. The maximum Gasteiger partial charge on any atom is 0.134 e. The number of furan rings is 1. The molecule has 0 amide bonds. The van der Waals surface area contributed by atoms with Crippen molar-refractivity contribution in [2.45, 2.75) is 39.2 Å². The Balaban J connectivity index is 2.03. The van der Waals surface area contributed by atoms with Crippen molar-refractivity contribution in [1.29, 1.82) is 0 Å². The molecule has 1 unspecified atom stereocenters. The molecule has 3 heteroatoms. The lowest BCUT2D eigenvalue weighted by Gasteiger charge is -2.14. The minimum absolute atomic E-state index is 0.214. The first-order valence-electron chi connectivity index (χ1n) is 6.64. The molecule has 0 fully saturated rings. The Hall–Kier alpha value is -1.35. The van der Waals surface area contributed by atoms with Crippen LogP contribution in [-0.2, 0) is 6.42 Å². The highest BCUT2D eigenvalue weighted by atomic mass is 19.1. The number of fused-ring (bicyclic) bond motifs is 1. The number of rotatable bonds is 6. The lowest BCUT2D eigenvalue weighted by Crippen LogP contribution is -2.28. The van der Waals surface area contributed by atoms with E-state index in [4.69, 9.17) is 4.42 Å². The number of benzene rings is 1. The second-order valence-electron chi connectivity index (χ2n) is 4.60. The summed E-state index contributed by atoms with van der Waals surface area (Å²) in [6.45, 7) is 5.29. The number of hydrogen-bond acceptors (Lipinski definition) is 2. The first kappa shape index (κ1) is 13.1. The molecular weight excluding hydrogens is 229 g/mol. The average molecular weight is 249 g/mol. The predicted molar refractivity (Wildman–Crippen MR) is 72.2 cm³/mol. The molecule has 1 heterocycles. The fourth-order valence-corrected chi connectivity index (χ4v) is 2.25. The van der Waals surface area contributed by atoms with Gasteiger partial charge in [-0.1, -0.05) is 13.8 Å². The van der Waals surface area contributed by atoms with Gasteiger partial charge in [-0.05, 0) is 43.7 Å². The van der Waals surface area contributed by atoms with E-state index in [9.17, 15) is 4.39 Å². The standard InChI is InChI=1S/C15H20FNO/c1-3-13(17-4-2)6-7-14-10-11-9-12(16)5-8-15(11)18-14/h5,8-10,13,17H,3-4,6-7H2,1-2H3. The molecule has 18 heavy (non-hydrogen) atoms. The van der Waals surface area contributed by atoms with E-state index in [1.54, 1.807) is 6.07 Å². The molecule has 98 valence electrons. The highest BCUT2D eigenvalue weighted by molar-refractivity contribution is 5.77. The summed E-state index contributed by atoms with van der Waals surface area (Å²) in [6.07, 6.45) is 3.05. The third kappa shape index (κ3) is 3.10. The smallest absolute Gasteiger partial charge is 0.134 e. The van der Waals surface area contributed by atoms with Gasteiger partial charge in [0.05, 0.1) is 0 Å². The summed E-state index contributed by atoms with van der Waals surface area (Å²) < 4.78 is 18.8. The van der Waals surface area contributed by atoms with Crippen molar-refractivity contribution < 1.29 is 8.81 Å². The molecule has 1 atom stereocenters. The molecule has 0 bridgehead atoms. The molecule has 0 aliphatic carbocycles. The Bertz CT molecular complexity index is 506. The van der Waals surface area contributed by atoms with Crippen LogP contribution >= 0.6 is 0 Å². The highest BCUT2D eigenvalue weighted by Gasteiger charge is 2.08. The van der Waals surface area contributed by atoms with E-state index in [2.05, 4.69) is 19.2 Å². The van der Waals surface area contributed by atoms with Gasteiger partial charge in [-0.2, -0.15) is 0 Å². The molecule has 0 spiro atoms. The van der Waals surface area contributed by atoms with Crippen LogP contribution in [0, 0.1) is 5.82 Å². The summed E-state index contributed by atoms with van der Waals surface area (Å²) in [7, 11) is 0. The van der Waals surface area contributed by atoms with E-state index in [0.29, 0.717) is 6.04 Å². The zero-order chi connectivity index (χ0) is 13.0. The first-order chi connectivity index (χ1) is 8.72. The van der Waals surface area contributed by atoms with Gasteiger partial charge in [0.15, 0.2) is 0 Å². The third-order valence-corrected chi connectivity index (χ3v) is 3.25. The van der Waals surface area contributed by atoms with Crippen LogP contribution in [0.25, 0.3) is 11.0 Å². The van der Waals surface area contributed by atoms with E-state index >= 15 is 0 Å². The van der Waals surface area contributed by atoms with Gasteiger partial charge in [0.1, 0.15) is 17.2 Å². The topological polar surface area (TPSA) is 25.2 Å². The predicted octanol–water partition coefficient (Wildman–Crippen LogP) is 3.89. The molecule has 0 radical (unpaired) electrons. The molecule has 0 saturated heterocycles. The van der Waals surface area contributed by atoms with Crippen LogP contribution in [0.5, 0.6) is 0 Å². The number of halogens is 1. The van der Waals surface area contributed by atoms with Crippen LogP contribution in [0.4, 0.5) is 4.39 Å². The SMILES string of the molecule is CCNC(CC)CCc1cc2cc(F)ccc2o1. The number of nitrogens with one attached hydrogen (secondary N) is 1. The van der Waals surface area contributed by atoms with Crippen LogP contribution in [-0.4, -0.2) is 12.6 Å². The fourth-order valence-electron chi connectivity index (χ4n) is 2.25. The molecule has 1 aromatic heterocycles. The van der Waals surface area contributed by atoms with Crippen molar-refractivity contribution >= 4 is 11.0 Å². The minimum atomic E-state index is -0.214. The van der Waals surface area contributed by atoms with E-state index in [-0.39, 0.29) is 5.82 Å². The van der Waals surface area contributed by atoms with Crippen molar-refractivity contribution in [1.82, 2.24) is 5.32 Å². The number of aryl methyl sites for hydroxylation is 1. The lowest BCUT2D eigenvalue weighted by molar-refractivity contribution is 0.452. The molecule has 1 aromatic carbocycles. The largest absolute Gasteiger partial charge is 0.461 e. The van der Waals surface area contributed by atoms with Gasteiger partial charge >= 0.3 is 0 Å². The molecule has 2 nitrogen and oxygen atoms in total. The molecule has 2 rings (SSSR count). The van der Waals surface area contributed by atoms with Crippen molar-refractivity contribution in [3.8, 4) is 0 Å². The van der Waals surface area contributed by atoms with E-state index < -0.39 is 0 Å². The summed E-state index contributed by atoms with van der Waals surface area (Å²) in [5, 5.41) is 4.29. The second kappa shape index (κ2) is 6.01. The van der Waals surface area contributed by atoms with Crippen LogP contribution in [0.3, 0.4) is 0 Å². The van der Waals surface area contributed by atoms with Gasteiger partial charge in [0, 0.05) is 17.8 Å². The van der Waals surface area contributed by atoms with Crippen LogP contribution in [0.2, 0.25) is 0 Å². The molecule has 0 aliphatic rings. The van der Waals surface area contributed by atoms with Gasteiger partial charge in [-0.3, -0.25) is 0 Å². The summed E-state index contributed by atoms with van der Waals surface area (Å²) in [6, 6.07) is 7.11. The highest BCUT2D eigenvalue weighted by Crippen LogP contribution is 2.21. The van der Waals surface area contributed by atoms with Crippen LogP contribution < -0.4 is 5.32 Å². The maximum atomic E-state index is 13.1. The van der Waals surface area contributed by atoms with Crippen molar-refractivity contribution in [2.75, 3.05) is 6.54 Å². The molecular formula is C15H20FNO. The zero-order valence-corrected chi connectivity index (χ0v) is 11.0. The van der Waals surface area contributed by atoms with Crippen molar-refractivity contribution in [2.24, 2.45) is 0 Å². The summed E-state index contributed by atoms with van der Waals surface area (Å²) >= 11 is 0. The van der Waals surface area contributed by atoms with E-state index in [0.717, 1.165) is 42.5 Å². The summed E-state index contributed by atoms with van der Waals surface area (Å²) in [5.74, 6) is 0.723. The Morgan fingerprint density at radius 1 is 1.28 bits per heavy atom. The Morgan fingerprint density at radius 2 is 2.11 bits per heavy atom. The average Bonchev–Trinajstić information content (AvgIpc) is 2.76. The molecule has 0 aliphatic heterocycles. The van der Waals surface area contributed by atoms with Crippen LogP contribution in [0.15, 0.2) is 28.7 Å². The van der Waals surface area contributed by atoms with E-state index in [1.807, 2.05) is 6.07 Å². The monoisotopic (exact) mass is 249 g/mol. The Labute approximate surface area is 107 Å². The summed E-state index contributed by atoms with van der Waals surface area (Å²) in [5.41, 5.74) is 0.767. The Kier molecular flexibility index (Phi) is 4.37. The van der Waals surface area contributed by atoms with Crippen molar-refractivity contribution in [3.63, 3.8) is 0 Å². The summed E-state index contributed by atoms with van der Waals surface area (Å²) in [4.78, 5) is 0. The normalized spacial score (nSPS) is 13.1. The van der Waals surface area contributed by atoms with Crippen molar-refractivity contribution in [3.05, 3.63) is 35.8 Å². The zero-order valence-electron chi connectivity index (χ0n) is 11.0. The van der Waals surface area contributed by atoms with Gasteiger partial charge < -0.3 is 9.73 Å². The van der Waals surface area contributed by atoms with Gasteiger partial charge in [0.2, 0.25) is 0 Å². The quantitative estimate of drug-likeness (QED) is 0.840. The van der Waals surface area contributed by atoms with E-state index in [1.165, 1.54) is 12.1 Å². The minimum Gasteiger partial charge on any atom is -0.461 e. The number of hydrogen-bond donors (Lipinski definition) is 1. The maximum absolute atomic E-state index is 13.1. The molecule has 2 aromatic rings. The fraction of sp³-hybridized carbons (Fsp3) is 0.467. The second-order valence-corrected chi connectivity index (χ2v) is 4.60. The van der Waals surface area contributed by atoms with Gasteiger partial charge in [0.25, 0.3) is 0 Å².